The van der Waals surface area contributed by atoms with Crippen LogP contribution in [-0.2, 0) is 4.74 Å². The van der Waals surface area contributed by atoms with Crippen molar-refractivity contribution in [3.05, 3.63) is 47.1 Å². The predicted molar refractivity (Wildman–Crippen MR) is 93.6 cm³/mol. The van der Waals surface area contributed by atoms with E-state index >= 15 is 0 Å². The van der Waals surface area contributed by atoms with Gasteiger partial charge in [0.15, 0.2) is 0 Å². The number of carbonyl (C=O) groups is 1. The summed E-state index contributed by atoms with van der Waals surface area (Å²) in [5.74, 6) is -0.342. The van der Waals surface area contributed by atoms with Crippen molar-refractivity contribution in [2.45, 2.75) is 26.6 Å². The zero-order chi connectivity index (χ0) is 16.3. The Morgan fingerprint density at radius 1 is 1.27 bits per heavy atom. The van der Waals surface area contributed by atoms with E-state index in [9.17, 15) is 4.79 Å². The molecule has 2 rings (SSSR count). The van der Waals surface area contributed by atoms with Crippen molar-refractivity contribution in [3.63, 3.8) is 0 Å². The fourth-order valence-corrected chi connectivity index (χ4v) is 4.47. The molecule has 0 amide bonds. The Morgan fingerprint density at radius 2 is 1.95 bits per heavy atom. The molecule has 0 fully saturated rings. The topological polar surface area (TPSA) is 39.2 Å². The van der Waals surface area contributed by atoms with Gasteiger partial charge in [-0.1, -0.05) is 49.4 Å². The molecule has 0 atom stereocenters. The number of hydrogen-bond acceptors (Lipinski definition) is 3. The van der Waals surface area contributed by atoms with E-state index in [1.54, 1.807) is 13.0 Å². The minimum Gasteiger partial charge on any atom is -0.462 e. The maximum absolute atomic E-state index is 12.1. The van der Waals surface area contributed by atoms with Crippen molar-refractivity contribution in [2.75, 3.05) is 6.61 Å². The van der Waals surface area contributed by atoms with Crippen molar-refractivity contribution >= 4 is 30.8 Å². The fourth-order valence-electron chi connectivity index (χ4n) is 2.22. The quantitative estimate of drug-likeness (QED) is 0.624. The highest BCUT2D eigenvalue weighted by Crippen LogP contribution is 2.25. The molecular formula is C17H20ClNO2Si. The highest BCUT2D eigenvalue weighted by Gasteiger charge is 2.21. The fraction of sp³-hybridized carbons (Fsp3) is 0.294. The maximum Gasteiger partial charge on any atom is 0.338 e. The van der Waals surface area contributed by atoms with Crippen LogP contribution in [0.5, 0.6) is 0 Å². The summed E-state index contributed by atoms with van der Waals surface area (Å²) in [6.07, 6.45) is 1.84. The van der Waals surface area contributed by atoms with Crippen LogP contribution in [-0.4, -0.2) is 25.6 Å². The molecule has 3 nitrogen and oxygen atoms in total. The van der Waals surface area contributed by atoms with Gasteiger partial charge < -0.3 is 4.74 Å². The van der Waals surface area contributed by atoms with Crippen molar-refractivity contribution in [3.8, 4) is 11.3 Å². The Labute approximate surface area is 137 Å². The number of pyridine rings is 1. The molecule has 22 heavy (non-hydrogen) atoms. The Balaban J connectivity index is 2.50. The maximum atomic E-state index is 12.1. The summed E-state index contributed by atoms with van der Waals surface area (Å²) in [6.45, 7) is 8.81. The van der Waals surface area contributed by atoms with Crippen LogP contribution in [0.4, 0.5) is 0 Å². The molecule has 2 aromatic rings. The normalized spacial score (nSPS) is 11.3. The van der Waals surface area contributed by atoms with Gasteiger partial charge in [-0.05, 0) is 24.2 Å². The van der Waals surface area contributed by atoms with Gasteiger partial charge in [0, 0.05) is 16.8 Å². The summed E-state index contributed by atoms with van der Waals surface area (Å²) in [5, 5.41) is 1.83. The third kappa shape index (κ3) is 3.57. The van der Waals surface area contributed by atoms with Gasteiger partial charge in [0.2, 0.25) is 0 Å². The predicted octanol–water partition coefficient (Wildman–Crippen LogP) is 4.12. The molecular weight excluding hydrogens is 314 g/mol. The van der Waals surface area contributed by atoms with Crippen molar-refractivity contribution in [2.24, 2.45) is 0 Å². The molecule has 0 bridgehead atoms. The lowest BCUT2D eigenvalue weighted by molar-refractivity contribution is 0.0527. The summed E-state index contributed by atoms with van der Waals surface area (Å²) >= 11 is 6.44. The molecule has 116 valence electrons. The molecule has 1 aromatic carbocycles. The van der Waals surface area contributed by atoms with Crippen LogP contribution in [0.1, 0.15) is 17.3 Å². The number of nitrogens with zero attached hydrogens (tertiary/aromatic N) is 1. The SMILES string of the molecule is CCOC(=O)c1ccccc1-c1cc(Cl)c([Si](C)(C)C)cn1. The number of ether oxygens (including phenoxy) is 1. The number of esters is 1. The lowest BCUT2D eigenvalue weighted by Gasteiger charge is -2.18. The molecule has 0 aliphatic rings. The minimum absolute atomic E-state index is 0.342. The van der Waals surface area contributed by atoms with Crippen molar-refractivity contribution < 1.29 is 9.53 Å². The van der Waals surface area contributed by atoms with Crippen molar-refractivity contribution in [1.29, 1.82) is 0 Å². The van der Waals surface area contributed by atoms with Crippen LogP contribution >= 0.6 is 11.6 Å². The third-order valence-corrected chi connectivity index (χ3v) is 5.85. The molecule has 0 radical (unpaired) electrons. The average Bonchev–Trinajstić information content (AvgIpc) is 2.46. The summed E-state index contributed by atoms with van der Waals surface area (Å²) in [6, 6.07) is 9.13. The molecule has 0 aliphatic carbocycles. The lowest BCUT2D eigenvalue weighted by atomic mass is 10.0. The number of carbonyl (C=O) groups excluding carboxylic acids is 1. The Hall–Kier alpha value is -1.65. The van der Waals surface area contributed by atoms with Crippen LogP contribution in [0.25, 0.3) is 11.3 Å². The zero-order valence-corrected chi connectivity index (χ0v) is 15.1. The number of hydrogen-bond donors (Lipinski definition) is 0. The number of halogens is 1. The zero-order valence-electron chi connectivity index (χ0n) is 13.3. The van der Waals surface area contributed by atoms with Crippen LogP contribution in [0.2, 0.25) is 24.7 Å². The number of aromatic nitrogens is 1. The first-order valence-corrected chi connectivity index (χ1v) is 11.1. The molecule has 0 spiro atoms. The average molecular weight is 334 g/mol. The van der Waals surface area contributed by atoms with Gasteiger partial charge in [0.25, 0.3) is 0 Å². The molecule has 0 N–H and O–H groups in total. The van der Waals surface area contributed by atoms with Gasteiger partial charge in [-0.25, -0.2) is 4.79 Å². The van der Waals surface area contributed by atoms with E-state index in [1.807, 2.05) is 30.5 Å². The minimum atomic E-state index is -1.54. The monoisotopic (exact) mass is 333 g/mol. The summed E-state index contributed by atoms with van der Waals surface area (Å²) in [4.78, 5) is 16.6. The van der Waals surface area contributed by atoms with Gasteiger partial charge >= 0.3 is 5.97 Å². The largest absolute Gasteiger partial charge is 0.462 e. The number of benzene rings is 1. The Morgan fingerprint density at radius 3 is 2.55 bits per heavy atom. The summed E-state index contributed by atoms with van der Waals surface area (Å²) in [5.41, 5.74) is 1.94. The molecule has 1 aromatic heterocycles. The first-order chi connectivity index (χ1) is 10.3. The van der Waals surface area contributed by atoms with E-state index < -0.39 is 8.07 Å². The smallest absolute Gasteiger partial charge is 0.338 e. The van der Waals surface area contributed by atoms with Crippen LogP contribution in [0.3, 0.4) is 0 Å². The van der Waals surface area contributed by atoms with E-state index in [1.165, 1.54) is 0 Å². The van der Waals surface area contributed by atoms with Gasteiger partial charge in [0.1, 0.15) is 0 Å². The van der Waals surface area contributed by atoms with Gasteiger partial charge in [0.05, 0.1) is 25.9 Å². The highest BCUT2D eigenvalue weighted by atomic mass is 35.5. The molecule has 1 heterocycles. The third-order valence-electron chi connectivity index (χ3n) is 3.36. The van der Waals surface area contributed by atoms with E-state index in [4.69, 9.17) is 16.3 Å². The van der Waals surface area contributed by atoms with E-state index in [-0.39, 0.29) is 5.97 Å². The Kier molecular flexibility index (Phi) is 5.03. The molecule has 0 saturated heterocycles. The molecule has 0 saturated carbocycles. The van der Waals surface area contributed by atoms with Gasteiger partial charge in [-0.2, -0.15) is 0 Å². The molecule has 0 aliphatic heterocycles. The Bertz CT molecular complexity index is 695. The highest BCUT2D eigenvalue weighted by molar-refractivity contribution is 6.90. The van der Waals surface area contributed by atoms with Crippen LogP contribution in [0.15, 0.2) is 36.5 Å². The lowest BCUT2D eigenvalue weighted by Crippen LogP contribution is -2.38. The second-order valence-corrected chi connectivity index (χ2v) is 11.5. The van der Waals surface area contributed by atoms with E-state index in [0.29, 0.717) is 22.9 Å². The van der Waals surface area contributed by atoms with Crippen molar-refractivity contribution in [1.82, 2.24) is 4.98 Å². The first-order valence-electron chi connectivity index (χ1n) is 7.27. The van der Waals surface area contributed by atoms with Gasteiger partial charge in [-0.3, -0.25) is 4.98 Å². The van der Waals surface area contributed by atoms with E-state index in [0.717, 1.165) is 10.8 Å². The van der Waals surface area contributed by atoms with Crippen LogP contribution < -0.4 is 5.19 Å². The molecule has 5 heteroatoms. The second-order valence-electron chi connectivity index (χ2n) is 6.07. The summed E-state index contributed by atoms with van der Waals surface area (Å²) in [7, 11) is -1.54. The second kappa shape index (κ2) is 6.63. The molecule has 0 unspecified atom stereocenters. The first kappa shape index (κ1) is 16.7. The van der Waals surface area contributed by atoms with Gasteiger partial charge in [-0.15, -0.1) is 0 Å². The summed E-state index contributed by atoms with van der Waals surface area (Å²) < 4.78 is 5.11. The standard InChI is InChI=1S/C17H20ClNO2Si/c1-5-21-17(20)13-9-7-6-8-12(13)15-10-14(18)16(11-19-15)22(2,3)4/h6-11H,5H2,1-4H3. The van der Waals surface area contributed by atoms with Crippen LogP contribution in [0, 0.1) is 0 Å². The number of rotatable bonds is 4. The van der Waals surface area contributed by atoms with E-state index in [2.05, 4.69) is 24.6 Å².